The van der Waals surface area contributed by atoms with E-state index in [1.807, 2.05) is 18.3 Å². The number of rotatable bonds is 5. The Morgan fingerprint density at radius 2 is 1.06 bits per heavy atom. The molecule has 2 aliphatic rings. The van der Waals surface area contributed by atoms with E-state index in [2.05, 4.69) is 132 Å². The minimum absolute atomic E-state index is 0.0515. The van der Waals surface area contributed by atoms with Crippen LogP contribution in [0.4, 0.5) is 0 Å². The summed E-state index contributed by atoms with van der Waals surface area (Å²) < 4.78 is 0. The Morgan fingerprint density at radius 3 is 1.83 bits per heavy atom. The van der Waals surface area contributed by atoms with Crippen LogP contribution in [0.25, 0.3) is 67.3 Å². The summed E-state index contributed by atoms with van der Waals surface area (Å²) in [4.78, 5) is 14.7. The number of benzene rings is 5. The molecule has 1 saturated carbocycles. The molecule has 0 saturated heterocycles. The number of fused-ring (bicyclic) bond motifs is 5. The molecule has 2 aliphatic carbocycles. The van der Waals surface area contributed by atoms with Gasteiger partial charge in [-0.2, -0.15) is 0 Å². The Bertz CT molecular complexity index is 2250. The van der Waals surface area contributed by atoms with Gasteiger partial charge in [-0.1, -0.05) is 147 Å². The molecule has 2 aromatic heterocycles. The van der Waals surface area contributed by atoms with Crippen molar-refractivity contribution in [3.63, 3.8) is 0 Å². The first-order chi connectivity index (χ1) is 23.8. The Morgan fingerprint density at radius 1 is 0.438 bits per heavy atom. The topological polar surface area (TPSA) is 38.7 Å². The van der Waals surface area contributed by atoms with Crippen LogP contribution < -0.4 is 0 Å². The van der Waals surface area contributed by atoms with Gasteiger partial charge in [0.2, 0.25) is 0 Å². The van der Waals surface area contributed by atoms with Crippen molar-refractivity contribution < 1.29 is 0 Å². The van der Waals surface area contributed by atoms with Crippen molar-refractivity contribution in [3.8, 4) is 67.3 Å². The van der Waals surface area contributed by atoms with Crippen LogP contribution in [0, 0.1) is 0 Å². The first-order valence-electron chi connectivity index (χ1n) is 17.1. The zero-order valence-electron chi connectivity index (χ0n) is 26.8. The van der Waals surface area contributed by atoms with Crippen LogP contribution in [0.1, 0.15) is 43.2 Å². The second-order valence-corrected chi connectivity index (χ2v) is 13.1. The molecule has 5 aromatic carbocycles. The second-order valence-electron chi connectivity index (χ2n) is 13.1. The number of aromatic nitrogens is 3. The van der Waals surface area contributed by atoms with Crippen molar-refractivity contribution in [3.05, 3.63) is 163 Å². The highest BCUT2D eigenvalue weighted by molar-refractivity contribution is 5.93. The molecule has 7 aromatic rings. The summed E-state index contributed by atoms with van der Waals surface area (Å²) in [6, 6.07) is 50.1. The standard InChI is InChI=1S/C45H35N3/c1-3-13-33(14-4-1)44-47-41(32-24-22-31(23-25-32)34-15-12-28-46-30-34)29-42(48-44)37-18-6-5-16-35(37)38-19-11-20-39-36-17-7-8-21-40(36)45(43(38)39)26-9-2-10-27-45/h1,3-8,11-25,28-30H,2,9-10,26-27H2. The smallest absolute Gasteiger partial charge is 0.160 e. The molecule has 0 atom stereocenters. The molecule has 0 unspecified atom stereocenters. The average Bonchev–Trinajstić information content (AvgIpc) is 3.44. The molecule has 48 heavy (non-hydrogen) atoms. The minimum Gasteiger partial charge on any atom is -0.264 e. The number of hydrogen-bond donors (Lipinski definition) is 0. The highest BCUT2D eigenvalue weighted by Crippen LogP contribution is 2.58. The van der Waals surface area contributed by atoms with Crippen molar-refractivity contribution in [1.82, 2.24) is 15.0 Å². The van der Waals surface area contributed by atoms with Crippen LogP contribution in [0.5, 0.6) is 0 Å². The Labute approximate surface area is 282 Å². The van der Waals surface area contributed by atoms with Gasteiger partial charge in [0, 0.05) is 34.5 Å². The van der Waals surface area contributed by atoms with Gasteiger partial charge < -0.3 is 0 Å². The summed E-state index contributed by atoms with van der Waals surface area (Å²) in [6.07, 6.45) is 9.94. The van der Waals surface area contributed by atoms with Crippen LogP contribution in [-0.2, 0) is 5.41 Å². The lowest BCUT2D eigenvalue weighted by molar-refractivity contribution is 0.353. The third-order valence-corrected chi connectivity index (χ3v) is 10.4. The monoisotopic (exact) mass is 617 g/mol. The zero-order valence-corrected chi connectivity index (χ0v) is 26.8. The maximum absolute atomic E-state index is 5.27. The van der Waals surface area contributed by atoms with Crippen molar-refractivity contribution in [1.29, 1.82) is 0 Å². The van der Waals surface area contributed by atoms with Gasteiger partial charge in [0.15, 0.2) is 5.82 Å². The molecular weight excluding hydrogens is 583 g/mol. The van der Waals surface area contributed by atoms with Crippen LogP contribution in [0.2, 0.25) is 0 Å². The van der Waals surface area contributed by atoms with E-state index >= 15 is 0 Å². The Hall–Kier alpha value is -5.67. The molecule has 1 fully saturated rings. The van der Waals surface area contributed by atoms with E-state index < -0.39 is 0 Å². The molecule has 230 valence electrons. The van der Waals surface area contributed by atoms with Crippen LogP contribution in [0.15, 0.2) is 152 Å². The number of hydrogen-bond acceptors (Lipinski definition) is 3. The quantitative estimate of drug-likeness (QED) is 0.193. The summed E-state index contributed by atoms with van der Waals surface area (Å²) in [6.45, 7) is 0. The van der Waals surface area contributed by atoms with Gasteiger partial charge in [0.05, 0.1) is 11.4 Å². The summed E-state index contributed by atoms with van der Waals surface area (Å²) in [5, 5.41) is 0. The van der Waals surface area contributed by atoms with Crippen LogP contribution in [-0.4, -0.2) is 15.0 Å². The first-order valence-corrected chi connectivity index (χ1v) is 17.1. The van der Waals surface area contributed by atoms with E-state index in [1.165, 1.54) is 65.5 Å². The normalized spacial score (nSPS) is 14.4. The Balaban J connectivity index is 1.22. The van der Waals surface area contributed by atoms with E-state index in [0.29, 0.717) is 0 Å². The molecule has 2 heterocycles. The largest absolute Gasteiger partial charge is 0.264 e. The van der Waals surface area contributed by atoms with Gasteiger partial charge in [0.25, 0.3) is 0 Å². The fraction of sp³-hybridized carbons (Fsp3) is 0.133. The molecule has 0 N–H and O–H groups in total. The highest BCUT2D eigenvalue weighted by atomic mass is 14.9. The lowest BCUT2D eigenvalue weighted by atomic mass is 9.66. The average molecular weight is 618 g/mol. The van der Waals surface area contributed by atoms with Crippen molar-refractivity contribution >= 4 is 0 Å². The van der Waals surface area contributed by atoms with Gasteiger partial charge in [-0.3, -0.25) is 4.98 Å². The lowest BCUT2D eigenvalue weighted by Gasteiger charge is -2.37. The van der Waals surface area contributed by atoms with Crippen LogP contribution >= 0.6 is 0 Å². The molecule has 0 radical (unpaired) electrons. The van der Waals surface area contributed by atoms with Crippen molar-refractivity contribution in [2.45, 2.75) is 37.5 Å². The number of pyridine rings is 1. The van der Waals surface area contributed by atoms with Gasteiger partial charge in [-0.15, -0.1) is 0 Å². The molecule has 0 amide bonds. The molecule has 0 bridgehead atoms. The lowest BCUT2D eigenvalue weighted by Crippen LogP contribution is -2.28. The fourth-order valence-corrected chi connectivity index (χ4v) is 8.22. The molecule has 3 heteroatoms. The van der Waals surface area contributed by atoms with Crippen LogP contribution in [0.3, 0.4) is 0 Å². The third kappa shape index (κ3) is 4.77. The summed E-state index contributed by atoms with van der Waals surface area (Å²) >= 11 is 0. The second kappa shape index (κ2) is 11.8. The van der Waals surface area contributed by atoms with Gasteiger partial charge in [-0.05, 0) is 69.5 Å². The predicted molar refractivity (Wildman–Crippen MR) is 196 cm³/mol. The maximum atomic E-state index is 5.27. The molecule has 1 spiro atoms. The molecule has 3 nitrogen and oxygen atoms in total. The van der Waals surface area contributed by atoms with Gasteiger partial charge in [-0.25, -0.2) is 9.97 Å². The highest BCUT2D eigenvalue weighted by Gasteiger charge is 2.45. The summed E-state index contributed by atoms with van der Waals surface area (Å²) in [5.41, 5.74) is 15.6. The fourth-order valence-electron chi connectivity index (χ4n) is 8.22. The molecular formula is C45H35N3. The SMILES string of the molecule is c1ccc(-c2nc(-c3ccc(-c4cccnc4)cc3)cc(-c3ccccc3-c3cccc4c3C3(CCCCC3)c3ccccc3-4)n2)cc1. The van der Waals surface area contributed by atoms with Crippen molar-refractivity contribution in [2.75, 3.05) is 0 Å². The molecule has 9 rings (SSSR count). The number of nitrogens with zero attached hydrogens (tertiary/aromatic N) is 3. The van der Waals surface area contributed by atoms with E-state index in [1.54, 1.807) is 6.20 Å². The predicted octanol–water partition coefficient (Wildman–Crippen LogP) is 11.4. The first kappa shape index (κ1) is 28.5. The third-order valence-electron chi connectivity index (χ3n) is 10.4. The van der Waals surface area contributed by atoms with Gasteiger partial charge >= 0.3 is 0 Å². The minimum atomic E-state index is 0.0515. The van der Waals surface area contributed by atoms with Gasteiger partial charge in [0.1, 0.15) is 0 Å². The summed E-state index contributed by atoms with van der Waals surface area (Å²) in [5.74, 6) is 0.726. The van der Waals surface area contributed by atoms with Crippen molar-refractivity contribution in [2.24, 2.45) is 0 Å². The van der Waals surface area contributed by atoms with E-state index in [-0.39, 0.29) is 5.41 Å². The molecule has 0 aliphatic heterocycles. The Kier molecular flexibility index (Phi) is 7.04. The van der Waals surface area contributed by atoms with E-state index in [0.717, 1.165) is 45.0 Å². The van der Waals surface area contributed by atoms with E-state index in [4.69, 9.17) is 9.97 Å². The van der Waals surface area contributed by atoms with E-state index in [9.17, 15) is 0 Å². The summed E-state index contributed by atoms with van der Waals surface area (Å²) in [7, 11) is 0. The zero-order chi connectivity index (χ0) is 31.9. The maximum Gasteiger partial charge on any atom is 0.160 e.